The number of rotatable bonds is 3. The van der Waals surface area contributed by atoms with Gasteiger partial charge < -0.3 is 15.8 Å². The van der Waals surface area contributed by atoms with Crippen LogP contribution < -0.4 is 15.8 Å². The van der Waals surface area contributed by atoms with Gasteiger partial charge in [-0.15, -0.1) is 0 Å². The minimum Gasteiger partial charge on any atom is -0.480 e. The van der Waals surface area contributed by atoms with E-state index in [9.17, 15) is 0 Å². The van der Waals surface area contributed by atoms with Crippen LogP contribution in [-0.4, -0.2) is 23.1 Å². The second-order valence-electron chi connectivity index (χ2n) is 4.64. The highest BCUT2D eigenvalue weighted by Gasteiger charge is 2.29. The van der Waals surface area contributed by atoms with Gasteiger partial charge in [-0.2, -0.15) is 4.98 Å². The zero-order valence-corrected chi connectivity index (χ0v) is 10.7. The molecule has 0 radical (unpaired) electrons. The van der Waals surface area contributed by atoms with Crippen molar-refractivity contribution in [1.29, 1.82) is 0 Å². The zero-order chi connectivity index (χ0) is 13.2. The van der Waals surface area contributed by atoms with Crippen molar-refractivity contribution in [2.75, 3.05) is 12.4 Å². The average Bonchev–Trinajstić information content (AvgIpc) is 2.76. The molecule has 3 rings (SSSR count). The van der Waals surface area contributed by atoms with Crippen LogP contribution in [0.3, 0.4) is 0 Å². The van der Waals surface area contributed by atoms with Gasteiger partial charge in [0, 0.05) is 6.04 Å². The molecule has 19 heavy (non-hydrogen) atoms. The molecule has 1 heterocycles. The summed E-state index contributed by atoms with van der Waals surface area (Å²) in [7, 11) is 1.57. The van der Waals surface area contributed by atoms with Gasteiger partial charge in [0.15, 0.2) is 0 Å². The summed E-state index contributed by atoms with van der Waals surface area (Å²) in [4.78, 5) is 8.40. The first kappa shape index (κ1) is 11.9. The van der Waals surface area contributed by atoms with E-state index in [1.165, 1.54) is 11.1 Å². The first-order chi connectivity index (χ1) is 9.28. The first-order valence-corrected chi connectivity index (χ1v) is 6.24. The quantitative estimate of drug-likeness (QED) is 0.871. The SMILES string of the molecule is COc1cncc(NC2c3ccccc3CC2N)n1. The van der Waals surface area contributed by atoms with Crippen LogP contribution in [0.5, 0.6) is 5.88 Å². The third kappa shape index (κ3) is 2.24. The van der Waals surface area contributed by atoms with E-state index in [2.05, 4.69) is 27.4 Å². The molecule has 5 nitrogen and oxygen atoms in total. The van der Waals surface area contributed by atoms with Gasteiger partial charge in [0.2, 0.25) is 5.88 Å². The molecule has 3 N–H and O–H groups in total. The number of methoxy groups -OCH3 is 1. The Morgan fingerprint density at radius 3 is 3.00 bits per heavy atom. The molecule has 2 aromatic rings. The van der Waals surface area contributed by atoms with Crippen LogP contribution in [0.15, 0.2) is 36.7 Å². The number of aromatic nitrogens is 2. The number of nitrogens with two attached hydrogens (primary N) is 1. The number of hydrogen-bond donors (Lipinski definition) is 2. The van der Waals surface area contributed by atoms with Crippen LogP contribution >= 0.6 is 0 Å². The summed E-state index contributed by atoms with van der Waals surface area (Å²) in [5, 5.41) is 3.34. The molecule has 1 aliphatic rings. The number of ether oxygens (including phenoxy) is 1. The number of hydrogen-bond acceptors (Lipinski definition) is 5. The highest BCUT2D eigenvalue weighted by molar-refractivity contribution is 5.45. The lowest BCUT2D eigenvalue weighted by Gasteiger charge is -2.19. The first-order valence-electron chi connectivity index (χ1n) is 6.24. The van der Waals surface area contributed by atoms with Crippen LogP contribution in [0, 0.1) is 0 Å². The van der Waals surface area contributed by atoms with E-state index in [4.69, 9.17) is 10.5 Å². The van der Waals surface area contributed by atoms with E-state index in [-0.39, 0.29) is 12.1 Å². The molecule has 2 atom stereocenters. The predicted octanol–water partition coefficient (Wildman–Crippen LogP) is 1.52. The summed E-state index contributed by atoms with van der Waals surface area (Å²) in [6.07, 6.45) is 4.13. The highest BCUT2D eigenvalue weighted by Crippen LogP contribution is 2.32. The molecule has 1 aromatic carbocycles. The third-order valence-electron chi connectivity index (χ3n) is 3.40. The van der Waals surface area contributed by atoms with Crippen LogP contribution in [-0.2, 0) is 6.42 Å². The zero-order valence-electron chi connectivity index (χ0n) is 10.7. The largest absolute Gasteiger partial charge is 0.480 e. The lowest BCUT2D eigenvalue weighted by molar-refractivity contribution is 0.396. The van der Waals surface area contributed by atoms with Crippen LogP contribution in [0.2, 0.25) is 0 Å². The molecule has 1 aromatic heterocycles. The monoisotopic (exact) mass is 256 g/mol. The van der Waals surface area contributed by atoms with Gasteiger partial charge in [0.05, 0.1) is 25.5 Å². The predicted molar refractivity (Wildman–Crippen MR) is 73.1 cm³/mol. The van der Waals surface area contributed by atoms with Crippen LogP contribution in [0.4, 0.5) is 5.82 Å². The van der Waals surface area contributed by atoms with Crippen molar-refractivity contribution in [3.63, 3.8) is 0 Å². The van der Waals surface area contributed by atoms with Gasteiger partial charge in [-0.3, -0.25) is 4.98 Å². The maximum atomic E-state index is 6.21. The summed E-state index contributed by atoms with van der Waals surface area (Å²) < 4.78 is 5.07. The Labute approximate surface area is 111 Å². The molecule has 0 fully saturated rings. The van der Waals surface area contributed by atoms with E-state index < -0.39 is 0 Å². The number of nitrogens with one attached hydrogen (secondary N) is 1. The molecule has 0 aliphatic heterocycles. The Morgan fingerprint density at radius 1 is 1.32 bits per heavy atom. The summed E-state index contributed by atoms with van der Waals surface area (Å²) >= 11 is 0. The standard InChI is InChI=1S/C14H16N4O/c1-19-13-8-16-7-12(17-13)18-14-10-5-3-2-4-9(10)6-11(14)15/h2-5,7-8,11,14H,6,15H2,1H3,(H,17,18). The minimum atomic E-state index is 0.0467. The van der Waals surface area contributed by atoms with Crippen molar-refractivity contribution in [1.82, 2.24) is 9.97 Å². The summed E-state index contributed by atoms with van der Waals surface area (Å²) in [5.74, 6) is 1.17. The molecule has 0 saturated heterocycles. The molecule has 98 valence electrons. The van der Waals surface area contributed by atoms with E-state index in [1.807, 2.05) is 12.1 Å². The number of nitrogens with zero attached hydrogens (tertiary/aromatic N) is 2. The highest BCUT2D eigenvalue weighted by atomic mass is 16.5. The normalized spacial score (nSPS) is 20.9. The Balaban J connectivity index is 1.87. The van der Waals surface area contributed by atoms with E-state index in [0.29, 0.717) is 11.7 Å². The molecular weight excluding hydrogens is 240 g/mol. The number of anilines is 1. The van der Waals surface area contributed by atoms with Crippen LogP contribution in [0.1, 0.15) is 17.2 Å². The van der Waals surface area contributed by atoms with Crippen molar-refractivity contribution < 1.29 is 4.74 Å². The lowest BCUT2D eigenvalue weighted by atomic mass is 10.1. The van der Waals surface area contributed by atoms with Crippen molar-refractivity contribution >= 4 is 5.82 Å². The molecule has 1 aliphatic carbocycles. The van der Waals surface area contributed by atoms with Gasteiger partial charge in [-0.05, 0) is 17.5 Å². The molecule has 0 spiro atoms. The average molecular weight is 256 g/mol. The van der Waals surface area contributed by atoms with Gasteiger partial charge in [-0.25, -0.2) is 0 Å². The lowest BCUT2D eigenvalue weighted by Crippen LogP contribution is -2.30. The maximum Gasteiger partial charge on any atom is 0.233 e. The van der Waals surface area contributed by atoms with Crippen LogP contribution in [0.25, 0.3) is 0 Å². The summed E-state index contributed by atoms with van der Waals surface area (Å²) in [5.41, 5.74) is 8.74. The van der Waals surface area contributed by atoms with Gasteiger partial charge in [0.25, 0.3) is 0 Å². The van der Waals surface area contributed by atoms with E-state index in [0.717, 1.165) is 6.42 Å². The molecule has 5 heteroatoms. The number of fused-ring (bicyclic) bond motifs is 1. The second-order valence-corrected chi connectivity index (χ2v) is 4.64. The smallest absolute Gasteiger partial charge is 0.233 e. The van der Waals surface area contributed by atoms with Crippen molar-refractivity contribution in [2.45, 2.75) is 18.5 Å². The molecule has 0 saturated carbocycles. The topological polar surface area (TPSA) is 73.1 Å². The Hall–Kier alpha value is -2.14. The summed E-state index contributed by atoms with van der Waals surface area (Å²) in [6, 6.07) is 8.41. The Bertz CT molecular complexity index is 587. The van der Waals surface area contributed by atoms with Crippen molar-refractivity contribution in [3.8, 4) is 5.88 Å². The van der Waals surface area contributed by atoms with Gasteiger partial charge >= 0.3 is 0 Å². The Kier molecular flexibility index (Phi) is 3.05. The molecule has 0 bridgehead atoms. The molecule has 2 unspecified atom stereocenters. The maximum absolute atomic E-state index is 6.21. The second kappa shape index (κ2) is 4.85. The summed E-state index contributed by atoms with van der Waals surface area (Å²) in [6.45, 7) is 0. The fourth-order valence-electron chi connectivity index (χ4n) is 2.49. The van der Waals surface area contributed by atoms with Crippen molar-refractivity contribution in [3.05, 3.63) is 47.8 Å². The third-order valence-corrected chi connectivity index (χ3v) is 3.40. The molecular formula is C14H16N4O. The fraction of sp³-hybridized carbons (Fsp3) is 0.286. The Morgan fingerprint density at radius 2 is 2.16 bits per heavy atom. The fourth-order valence-corrected chi connectivity index (χ4v) is 2.49. The van der Waals surface area contributed by atoms with Crippen molar-refractivity contribution in [2.24, 2.45) is 5.73 Å². The van der Waals surface area contributed by atoms with Gasteiger partial charge in [0.1, 0.15) is 5.82 Å². The van der Waals surface area contributed by atoms with Gasteiger partial charge in [-0.1, -0.05) is 24.3 Å². The number of benzene rings is 1. The van der Waals surface area contributed by atoms with E-state index >= 15 is 0 Å². The molecule has 0 amide bonds. The van der Waals surface area contributed by atoms with E-state index in [1.54, 1.807) is 19.5 Å². The minimum absolute atomic E-state index is 0.0467.